The van der Waals surface area contributed by atoms with Crippen molar-refractivity contribution in [2.24, 2.45) is 0 Å². The van der Waals surface area contributed by atoms with Gasteiger partial charge in [-0.2, -0.15) is 4.31 Å². The van der Waals surface area contributed by atoms with Gasteiger partial charge in [0.2, 0.25) is 21.8 Å². The first-order valence-corrected chi connectivity index (χ1v) is 11.2. The van der Waals surface area contributed by atoms with Crippen LogP contribution in [0.15, 0.2) is 59.5 Å². The second-order valence-electron chi connectivity index (χ2n) is 6.46. The van der Waals surface area contributed by atoms with Crippen molar-refractivity contribution < 1.29 is 18.0 Å². The van der Waals surface area contributed by atoms with Crippen LogP contribution in [0, 0.1) is 0 Å². The summed E-state index contributed by atoms with van der Waals surface area (Å²) < 4.78 is 26.4. The van der Waals surface area contributed by atoms with Gasteiger partial charge in [-0.15, -0.1) is 0 Å². The summed E-state index contributed by atoms with van der Waals surface area (Å²) in [4.78, 5) is 23.7. The van der Waals surface area contributed by atoms with E-state index in [0.717, 1.165) is 0 Å². The van der Waals surface area contributed by atoms with Crippen LogP contribution < -0.4 is 10.6 Å². The Bertz CT molecular complexity index is 994. The molecule has 0 bridgehead atoms. The second-order valence-corrected chi connectivity index (χ2v) is 8.40. The SMILES string of the molecule is CCC(=O)Nc1ccc(NC(=O)/C=C/c2ccc(S(=O)(=O)N(CC)CC)cc2)cc1. The molecule has 160 valence electrons. The van der Waals surface area contributed by atoms with Gasteiger partial charge in [-0.25, -0.2) is 8.42 Å². The van der Waals surface area contributed by atoms with Crippen LogP contribution in [0.1, 0.15) is 32.8 Å². The minimum Gasteiger partial charge on any atom is -0.326 e. The van der Waals surface area contributed by atoms with E-state index in [1.165, 1.54) is 22.5 Å². The third kappa shape index (κ3) is 6.27. The zero-order valence-corrected chi connectivity index (χ0v) is 18.2. The quantitative estimate of drug-likeness (QED) is 0.594. The predicted octanol–water partition coefficient (Wildman–Crippen LogP) is 3.72. The number of anilines is 2. The van der Waals surface area contributed by atoms with Crippen molar-refractivity contribution in [3.63, 3.8) is 0 Å². The maximum atomic E-state index is 12.5. The van der Waals surface area contributed by atoms with E-state index in [4.69, 9.17) is 0 Å². The van der Waals surface area contributed by atoms with E-state index in [2.05, 4.69) is 10.6 Å². The van der Waals surface area contributed by atoms with Crippen molar-refractivity contribution in [2.75, 3.05) is 23.7 Å². The average molecular weight is 430 g/mol. The normalized spacial score (nSPS) is 11.6. The van der Waals surface area contributed by atoms with Gasteiger partial charge < -0.3 is 10.6 Å². The second kappa shape index (κ2) is 10.7. The Morgan fingerprint density at radius 1 is 0.867 bits per heavy atom. The van der Waals surface area contributed by atoms with E-state index in [0.29, 0.717) is 36.4 Å². The van der Waals surface area contributed by atoms with E-state index in [-0.39, 0.29) is 16.7 Å². The maximum Gasteiger partial charge on any atom is 0.248 e. The van der Waals surface area contributed by atoms with Crippen molar-refractivity contribution in [3.8, 4) is 0 Å². The fourth-order valence-corrected chi connectivity index (χ4v) is 4.16. The molecule has 2 N–H and O–H groups in total. The fourth-order valence-electron chi connectivity index (χ4n) is 2.71. The molecule has 0 aliphatic heterocycles. The largest absolute Gasteiger partial charge is 0.326 e. The topological polar surface area (TPSA) is 95.6 Å². The van der Waals surface area contributed by atoms with Gasteiger partial charge in [0, 0.05) is 37.0 Å². The maximum absolute atomic E-state index is 12.5. The number of carbonyl (C=O) groups excluding carboxylic acids is 2. The third-order valence-electron chi connectivity index (χ3n) is 4.41. The van der Waals surface area contributed by atoms with Gasteiger partial charge in [0.25, 0.3) is 0 Å². The molecule has 8 heteroatoms. The smallest absolute Gasteiger partial charge is 0.248 e. The minimum atomic E-state index is -3.50. The van der Waals surface area contributed by atoms with E-state index >= 15 is 0 Å². The summed E-state index contributed by atoms with van der Waals surface area (Å²) in [5.74, 6) is -0.397. The third-order valence-corrected chi connectivity index (χ3v) is 6.47. The first-order chi connectivity index (χ1) is 14.3. The van der Waals surface area contributed by atoms with Gasteiger partial charge in [-0.3, -0.25) is 9.59 Å². The van der Waals surface area contributed by atoms with E-state index in [9.17, 15) is 18.0 Å². The minimum absolute atomic E-state index is 0.0781. The van der Waals surface area contributed by atoms with Crippen molar-refractivity contribution in [1.82, 2.24) is 4.31 Å². The van der Waals surface area contributed by atoms with Gasteiger partial charge >= 0.3 is 0 Å². The molecule has 7 nitrogen and oxygen atoms in total. The van der Waals surface area contributed by atoms with Crippen LogP contribution in [0.4, 0.5) is 11.4 Å². The Labute approximate surface area is 177 Å². The van der Waals surface area contributed by atoms with Gasteiger partial charge in [0.1, 0.15) is 0 Å². The van der Waals surface area contributed by atoms with E-state index < -0.39 is 10.0 Å². The molecular weight excluding hydrogens is 402 g/mol. The molecule has 0 fully saturated rings. The standard InChI is InChI=1S/C22H27N3O4S/c1-4-21(26)23-18-10-12-19(13-11-18)24-22(27)16-9-17-7-14-20(15-8-17)30(28,29)25(5-2)6-3/h7-16H,4-6H2,1-3H3,(H,23,26)(H,24,27)/b16-9+. The first-order valence-electron chi connectivity index (χ1n) is 9.79. The van der Waals surface area contributed by atoms with Crippen molar-refractivity contribution in [2.45, 2.75) is 32.1 Å². The monoisotopic (exact) mass is 429 g/mol. The molecule has 2 aromatic carbocycles. The Balaban J connectivity index is 1.99. The number of benzene rings is 2. The summed E-state index contributed by atoms with van der Waals surface area (Å²) in [5.41, 5.74) is 1.97. The summed E-state index contributed by atoms with van der Waals surface area (Å²) in [6.07, 6.45) is 3.38. The van der Waals surface area contributed by atoms with Crippen LogP contribution in [0.2, 0.25) is 0 Å². The summed E-state index contributed by atoms with van der Waals surface area (Å²) in [7, 11) is -3.50. The zero-order valence-electron chi connectivity index (χ0n) is 17.4. The molecule has 0 aliphatic carbocycles. The fraction of sp³-hybridized carbons (Fsp3) is 0.273. The lowest BCUT2D eigenvalue weighted by atomic mass is 10.2. The van der Waals surface area contributed by atoms with Crippen LogP contribution in [0.25, 0.3) is 6.08 Å². The number of nitrogens with zero attached hydrogens (tertiary/aromatic N) is 1. The molecule has 0 heterocycles. The van der Waals surface area contributed by atoms with Crippen LogP contribution in [0.5, 0.6) is 0 Å². The molecule has 0 radical (unpaired) electrons. The molecule has 0 aromatic heterocycles. The molecule has 2 aromatic rings. The summed E-state index contributed by atoms with van der Waals surface area (Å²) >= 11 is 0. The molecule has 0 aliphatic rings. The number of sulfonamides is 1. The van der Waals surface area contributed by atoms with E-state index in [1.54, 1.807) is 63.2 Å². The number of hydrogen-bond donors (Lipinski definition) is 2. The molecule has 0 saturated heterocycles. The Morgan fingerprint density at radius 3 is 1.90 bits per heavy atom. The summed E-state index contributed by atoms with van der Waals surface area (Å²) in [6.45, 7) is 6.18. The van der Waals surface area contributed by atoms with Gasteiger partial charge in [-0.1, -0.05) is 32.9 Å². The predicted molar refractivity (Wildman–Crippen MR) is 120 cm³/mol. The Hall–Kier alpha value is -2.97. The molecule has 2 rings (SSSR count). The van der Waals surface area contributed by atoms with Gasteiger partial charge in [-0.05, 0) is 48.0 Å². The Kier molecular flexibility index (Phi) is 8.32. The highest BCUT2D eigenvalue weighted by Gasteiger charge is 2.20. The van der Waals surface area contributed by atoms with Crippen LogP contribution in [-0.2, 0) is 19.6 Å². The van der Waals surface area contributed by atoms with Crippen LogP contribution in [0.3, 0.4) is 0 Å². The van der Waals surface area contributed by atoms with Crippen molar-refractivity contribution in [1.29, 1.82) is 0 Å². The highest BCUT2D eigenvalue weighted by Crippen LogP contribution is 2.17. The number of hydrogen-bond acceptors (Lipinski definition) is 4. The summed E-state index contributed by atoms with van der Waals surface area (Å²) in [5, 5.41) is 5.47. The molecule has 0 saturated carbocycles. The van der Waals surface area contributed by atoms with Gasteiger partial charge in [0.05, 0.1) is 4.90 Å². The lowest BCUT2D eigenvalue weighted by molar-refractivity contribution is -0.116. The number of nitrogens with one attached hydrogen (secondary N) is 2. The Morgan fingerprint density at radius 2 is 1.40 bits per heavy atom. The highest BCUT2D eigenvalue weighted by atomic mass is 32.2. The molecule has 0 unspecified atom stereocenters. The zero-order chi connectivity index (χ0) is 22.1. The highest BCUT2D eigenvalue weighted by molar-refractivity contribution is 7.89. The molecule has 0 atom stereocenters. The van der Waals surface area contributed by atoms with E-state index in [1.807, 2.05) is 0 Å². The van der Waals surface area contributed by atoms with Gasteiger partial charge in [0.15, 0.2) is 0 Å². The van der Waals surface area contributed by atoms with Crippen LogP contribution >= 0.6 is 0 Å². The van der Waals surface area contributed by atoms with Crippen molar-refractivity contribution in [3.05, 3.63) is 60.2 Å². The van der Waals surface area contributed by atoms with Crippen LogP contribution in [-0.4, -0.2) is 37.6 Å². The average Bonchev–Trinajstić information content (AvgIpc) is 2.74. The molecule has 2 amide bonds. The molecule has 0 spiro atoms. The molecular formula is C22H27N3O4S. The number of rotatable bonds is 9. The lowest BCUT2D eigenvalue weighted by Crippen LogP contribution is -2.30. The number of carbonyl (C=O) groups is 2. The molecule has 30 heavy (non-hydrogen) atoms. The lowest BCUT2D eigenvalue weighted by Gasteiger charge is -2.18. The number of amides is 2. The first kappa shape index (κ1) is 23.3. The summed E-state index contributed by atoms with van der Waals surface area (Å²) in [6, 6.07) is 13.2. The van der Waals surface area contributed by atoms with Crippen molar-refractivity contribution >= 4 is 39.3 Å².